The molecule has 0 radical (unpaired) electrons. The van der Waals surface area contributed by atoms with Crippen molar-refractivity contribution in [3.8, 4) is 0 Å². The van der Waals surface area contributed by atoms with Crippen molar-refractivity contribution in [1.29, 1.82) is 0 Å². The Morgan fingerprint density at radius 2 is 2.39 bits per heavy atom. The van der Waals surface area contributed by atoms with E-state index in [0.717, 1.165) is 17.5 Å². The third-order valence-electron chi connectivity index (χ3n) is 2.71. The summed E-state index contributed by atoms with van der Waals surface area (Å²) < 4.78 is 6.55. The Labute approximate surface area is 111 Å². The molecule has 0 fully saturated rings. The molecule has 1 aromatic heterocycles. The zero-order valence-electron chi connectivity index (χ0n) is 11.3. The number of carbonyl (C=O) groups is 1. The van der Waals surface area contributed by atoms with E-state index in [1.165, 1.54) is 13.4 Å². The number of nitrogens with zero attached hydrogens (tertiary/aromatic N) is 3. The Kier molecular flexibility index (Phi) is 5.61. The van der Waals surface area contributed by atoms with Crippen molar-refractivity contribution in [2.75, 3.05) is 19.4 Å². The van der Waals surface area contributed by atoms with Gasteiger partial charge in [-0.15, -0.1) is 0 Å². The average Bonchev–Trinajstić information content (AvgIpc) is 2.74. The number of ether oxygens (including phenoxy) is 1. The van der Waals surface area contributed by atoms with Crippen LogP contribution in [0, 0.1) is 0 Å². The van der Waals surface area contributed by atoms with Crippen LogP contribution in [0.1, 0.15) is 20.3 Å². The lowest BCUT2D eigenvalue weighted by Gasteiger charge is -2.27. The van der Waals surface area contributed by atoms with E-state index in [9.17, 15) is 4.79 Å². The maximum atomic E-state index is 11.8. The molecule has 0 amide bonds. The van der Waals surface area contributed by atoms with Gasteiger partial charge in [0.05, 0.1) is 7.11 Å². The summed E-state index contributed by atoms with van der Waals surface area (Å²) in [4.78, 5) is 15.9. The zero-order valence-corrected chi connectivity index (χ0v) is 12.1. The van der Waals surface area contributed by atoms with Gasteiger partial charge in [-0.2, -0.15) is 5.10 Å². The molecule has 0 saturated carbocycles. The summed E-state index contributed by atoms with van der Waals surface area (Å²) >= 11 is 1.58. The number of aromatic nitrogens is 3. The van der Waals surface area contributed by atoms with Gasteiger partial charge >= 0.3 is 5.97 Å². The molecule has 1 aromatic rings. The molecule has 1 heterocycles. The molecule has 1 rings (SSSR count). The van der Waals surface area contributed by atoms with Gasteiger partial charge in [-0.1, -0.05) is 18.7 Å². The van der Waals surface area contributed by atoms with Crippen LogP contribution in [0.2, 0.25) is 0 Å². The fourth-order valence-electron chi connectivity index (χ4n) is 1.64. The van der Waals surface area contributed by atoms with E-state index in [1.54, 1.807) is 16.4 Å². The molecule has 1 N–H and O–H groups in total. The minimum absolute atomic E-state index is 0.233. The molecule has 0 aliphatic heterocycles. The van der Waals surface area contributed by atoms with Crippen LogP contribution in [0.4, 0.5) is 0 Å². The van der Waals surface area contributed by atoms with E-state index in [0.29, 0.717) is 6.42 Å². The van der Waals surface area contributed by atoms with Crippen molar-refractivity contribution in [2.45, 2.75) is 31.0 Å². The molecule has 0 aliphatic rings. The number of hydrogen-bond acceptors (Lipinski definition) is 6. The van der Waals surface area contributed by atoms with E-state index in [-0.39, 0.29) is 5.97 Å². The van der Waals surface area contributed by atoms with Gasteiger partial charge in [-0.05, 0) is 19.9 Å². The molecular weight excluding hydrogens is 252 g/mol. The van der Waals surface area contributed by atoms with Gasteiger partial charge in [-0.3, -0.25) is 4.79 Å². The fourth-order valence-corrected chi connectivity index (χ4v) is 2.69. The van der Waals surface area contributed by atoms with E-state index in [4.69, 9.17) is 4.74 Å². The highest BCUT2D eigenvalue weighted by Crippen LogP contribution is 2.20. The van der Waals surface area contributed by atoms with Gasteiger partial charge in [0.15, 0.2) is 5.16 Å². The Hall–Kier alpha value is -1.08. The minimum Gasteiger partial charge on any atom is -0.468 e. The van der Waals surface area contributed by atoms with Crippen LogP contribution in [0.25, 0.3) is 0 Å². The highest BCUT2D eigenvalue weighted by Gasteiger charge is 2.32. The van der Waals surface area contributed by atoms with E-state index < -0.39 is 5.54 Å². The second kappa shape index (κ2) is 6.75. The first-order valence-electron chi connectivity index (χ1n) is 5.83. The SMILES string of the molecule is CCNC(C)(CCSc1ncnn1C)C(=O)OC. The Morgan fingerprint density at radius 3 is 2.89 bits per heavy atom. The summed E-state index contributed by atoms with van der Waals surface area (Å²) in [5.74, 6) is 0.536. The van der Waals surface area contributed by atoms with Crippen molar-refractivity contribution in [3.63, 3.8) is 0 Å². The molecule has 1 unspecified atom stereocenters. The van der Waals surface area contributed by atoms with Crippen molar-refractivity contribution in [3.05, 3.63) is 6.33 Å². The van der Waals surface area contributed by atoms with Crippen molar-refractivity contribution in [2.24, 2.45) is 7.05 Å². The lowest BCUT2D eigenvalue weighted by molar-refractivity contribution is -0.147. The van der Waals surface area contributed by atoms with Gasteiger partial charge in [0.1, 0.15) is 11.9 Å². The van der Waals surface area contributed by atoms with E-state index >= 15 is 0 Å². The largest absolute Gasteiger partial charge is 0.468 e. The van der Waals surface area contributed by atoms with Gasteiger partial charge < -0.3 is 10.1 Å². The quantitative estimate of drug-likeness (QED) is 0.586. The lowest BCUT2D eigenvalue weighted by atomic mass is 9.99. The van der Waals surface area contributed by atoms with Crippen LogP contribution >= 0.6 is 11.8 Å². The second-order valence-corrected chi connectivity index (χ2v) is 5.18. The Balaban J connectivity index is 2.53. The van der Waals surface area contributed by atoms with Gasteiger partial charge in [0.2, 0.25) is 0 Å². The fraction of sp³-hybridized carbons (Fsp3) is 0.727. The van der Waals surface area contributed by atoms with Gasteiger partial charge in [-0.25, -0.2) is 9.67 Å². The smallest absolute Gasteiger partial charge is 0.325 e. The molecule has 6 nitrogen and oxygen atoms in total. The zero-order chi connectivity index (χ0) is 13.6. The Morgan fingerprint density at radius 1 is 1.67 bits per heavy atom. The summed E-state index contributed by atoms with van der Waals surface area (Å²) in [5.41, 5.74) is -0.644. The molecular formula is C11H20N4O2S. The molecule has 7 heteroatoms. The standard InChI is InChI=1S/C11H20N4O2S/c1-5-13-11(2,9(16)17-4)6-7-18-10-12-8-14-15(10)3/h8,13H,5-7H2,1-4H3. The minimum atomic E-state index is -0.644. The number of aryl methyl sites for hydroxylation is 1. The molecule has 102 valence electrons. The van der Waals surface area contributed by atoms with E-state index in [2.05, 4.69) is 15.4 Å². The highest BCUT2D eigenvalue weighted by atomic mass is 32.2. The van der Waals surface area contributed by atoms with Crippen LogP contribution < -0.4 is 5.32 Å². The molecule has 0 saturated heterocycles. The normalized spacial score (nSPS) is 14.2. The number of rotatable bonds is 7. The number of esters is 1. The molecule has 0 spiro atoms. The number of methoxy groups -OCH3 is 1. The van der Waals surface area contributed by atoms with Crippen LogP contribution in [-0.2, 0) is 16.6 Å². The number of thioether (sulfide) groups is 1. The summed E-state index contributed by atoms with van der Waals surface area (Å²) in [6, 6.07) is 0. The second-order valence-electron chi connectivity index (χ2n) is 4.12. The summed E-state index contributed by atoms with van der Waals surface area (Å²) in [7, 11) is 3.26. The topological polar surface area (TPSA) is 69.0 Å². The van der Waals surface area contributed by atoms with Crippen molar-refractivity contribution in [1.82, 2.24) is 20.1 Å². The van der Waals surface area contributed by atoms with Crippen LogP contribution in [0.3, 0.4) is 0 Å². The number of hydrogen-bond donors (Lipinski definition) is 1. The number of likely N-dealkylation sites (N-methyl/N-ethyl adjacent to an activating group) is 1. The molecule has 18 heavy (non-hydrogen) atoms. The molecule has 1 atom stereocenters. The third-order valence-corrected chi connectivity index (χ3v) is 3.74. The average molecular weight is 272 g/mol. The molecule has 0 aliphatic carbocycles. The van der Waals surface area contributed by atoms with Crippen molar-refractivity contribution < 1.29 is 9.53 Å². The third kappa shape index (κ3) is 3.71. The maximum Gasteiger partial charge on any atom is 0.325 e. The first-order valence-corrected chi connectivity index (χ1v) is 6.82. The van der Waals surface area contributed by atoms with Crippen LogP contribution in [0.15, 0.2) is 11.5 Å². The first kappa shape index (κ1) is 15.0. The Bertz CT molecular complexity index is 396. The predicted molar refractivity (Wildman–Crippen MR) is 70.4 cm³/mol. The van der Waals surface area contributed by atoms with Gasteiger partial charge in [0, 0.05) is 12.8 Å². The summed E-state index contributed by atoms with van der Waals surface area (Å²) in [5, 5.41) is 8.02. The molecule has 0 bridgehead atoms. The summed E-state index contributed by atoms with van der Waals surface area (Å²) in [6.07, 6.45) is 2.19. The maximum absolute atomic E-state index is 11.8. The predicted octanol–water partition coefficient (Wildman–Crippen LogP) is 0.838. The van der Waals surface area contributed by atoms with Gasteiger partial charge in [0.25, 0.3) is 0 Å². The lowest BCUT2D eigenvalue weighted by Crippen LogP contribution is -2.50. The van der Waals surface area contributed by atoms with Crippen LogP contribution in [-0.4, -0.2) is 45.7 Å². The monoisotopic (exact) mass is 272 g/mol. The highest BCUT2D eigenvalue weighted by molar-refractivity contribution is 7.99. The van der Waals surface area contributed by atoms with E-state index in [1.807, 2.05) is 20.9 Å². The first-order chi connectivity index (χ1) is 8.53. The number of nitrogens with one attached hydrogen (secondary N) is 1. The number of carbonyl (C=O) groups excluding carboxylic acids is 1. The molecule has 0 aromatic carbocycles. The van der Waals surface area contributed by atoms with Crippen LogP contribution in [0.5, 0.6) is 0 Å². The summed E-state index contributed by atoms with van der Waals surface area (Å²) in [6.45, 7) is 4.55. The van der Waals surface area contributed by atoms with Crippen molar-refractivity contribution >= 4 is 17.7 Å².